The number of hydrogen-bond donors (Lipinski definition) is 1. The van der Waals surface area contributed by atoms with E-state index in [1.54, 1.807) is 23.2 Å². The fraction of sp³-hybridized carbons (Fsp3) is 0.136. The van der Waals surface area contributed by atoms with Crippen molar-refractivity contribution in [3.63, 3.8) is 0 Å². The van der Waals surface area contributed by atoms with E-state index in [1.807, 2.05) is 55.5 Å². The van der Waals surface area contributed by atoms with E-state index < -0.39 is 6.17 Å². The minimum absolute atomic E-state index is 0.00115. The monoisotopic (exact) mass is 357 g/mol. The second kappa shape index (κ2) is 6.68. The number of carbonyl (C=O) groups excluding carboxylic acids is 2. The summed E-state index contributed by atoms with van der Waals surface area (Å²) < 4.78 is 0. The number of Topliss-reactive ketones (excluding diaryl/α,β-unsaturated/α-hetero) is 1. The van der Waals surface area contributed by atoms with E-state index in [2.05, 4.69) is 10.3 Å². The molecular formula is C22H19N3O2. The van der Waals surface area contributed by atoms with Gasteiger partial charge in [-0.25, -0.2) is 4.98 Å². The number of aromatic nitrogens is 1. The van der Waals surface area contributed by atoms with Crippen LogP contribution in [-0.2, 0) is 0 Å². The largest absolute Gasteiger partial charge is 0.361 e. The summed E-state index contributed by atoms with van der Waals surface area (Å²) in [5.74, 6) is 0.499. The Labute approximate surface area is 157 Å². The van der Waals surface area contributed by atoms with Gasteiger partial charge < -0.3 is 5.32 Å². The number of aryl methyl sites for hydroxylation is 1. The highest BCUT2D eigenvalue weighted by molar-refractivity contribution is 6.11. The van der Waals surface area contributed by atoms with Gasteiger partial charge in [-0.3, -0.25) is 14.5 Å². The molecule has 0 spiro atoms. The van der Waals surface area contributed by atoms with Crippen molar-refractivity contribution in [2.75, 3.05) is 10.2 Å². The second-order valence-electron chi connectivity index (χ2n) is 6.64. The highest BCUT2D eigenvalue weighted by atomic mass is 16.2. The van der Waals surface area contributed by atoms with Gasteiger partial charge in [0, 0.05) is 28.6 Å². The number of amides is 1. The molecule has 5 nitrogen and oxygen atoms in total. The van der Waals surface area contributed by atoms with Crippen molar-refractivity contribution < 1.29 is 9.59 Å². The van der Waals surface area contributed by atoms with Gasteiger partial charge in [0.05, 0.1) is 0 Å². The molecule has 134 valence electrons. The Morgan fingerprint density at radius 1 is 1.07 bits per heavy atom. The van der Waals surface area contributed by atoms with Gasteiger partial charge in [-0.15, -0.1) is 0 Å². The van der Waals surface area contributed by atoms with Gasteiger partial charge in [-0.1, -0.05) is 30.3 Å². The number of hydrogen-bond acceptors (Lipinski definition) is 4. The molecule has 0 aliphatic carbocycles. The molecule has 4 rings (SSSR count). The zero-order valence-electron chi connectivity index (χ0n) is 15.1. The summed E-state index contributed by atoms with van der Waals surface area (Å²) in [4.78, 5) is 30.9. The molecule has 0 fully saturated rings. The third-order valence-electron chi connectivity index (χ3n) is 4.68. The summed E-state index contributed by atoms with van der Waals surface area (Å²) >= 11 is 0. The Kier molecular flexibility index (Phi) is 4.20. The van der Waals surface area contributed by atoms with E-state index in [9.17, 15) is 9.59 Å². The number of ketones is 1. The fourth-order valence-electron chi connectivity index (χ4n) is 3.33. The number of carbonyl (C=O) groups is 2. The maximum absolute atomic E-state index is 13.1. The first kappa shape index (κ1) is 17.0. The Hall–Kier alpha value is -3.47. The number of nitrogens with one attached hydrogen (secondary N) is 1. The molecule has 3 aromatic rings. The van der Waals surface area contributed by atoms with E-state index in [-0.39, 0.29) is 11.7 Å². The molecule has 1 amide bonds. The molecule has 0 saturated carbocycles. The first-order valence-electron chi connectivity index (χ1n) is 8.77. The predicted octanol–water partition coefficient (Wildman–Crippen LogP) is 4.36. The van der Waals surface area contributed by atoms with Crippen LogP contribution in [0.3, 0.4) is 0 Å². The number of fused-ring (bicyclic) bond motifs is 1. The minimum atomic E-state index is -0.398. The van der Waals surface area contributed by atoms with Crippen LogP contribution in [-0.4, -0.2) is 16.7 Å². The van der Waals surface area contributed by atoms with Crippen LogP contribution in [0.25, 0.3) is 0 Å². The summed E-state index contributed by atoms with van der Waals surface area (Å²) in [5.41, 5.74) is 3.97. The quantitative estimate of drug-likeness (QED) is 0.705. The first-order chi connectivity index (χ1) is 13.0. The van der Waals surface area contributed by atoms with Crippen molar-refractivity contribution >= 4 is 23.2 Å². The van der Waals surface area contributed by atoms with Crippen LogP contribution in [0.15, 0.2) is 66.9 Å². The molecule has 1 N–H and O–H groups in total. The molecule has 1 unspecified atom stereocenters. The van der Waals surface area contributed by atoms with Crippen LogP contribution in [0.1, 0.15) is 44.9 Å². The average molecular weight is 357 g/mol. The van der Waals surface area contributed by atoms with E-state index in [0.717, 1.165) is 16.8 Å². The molecule has 2 heterocycles. The Morgan fingerprint density at radius 2 is 1.89 bits per heavy atom. The zero-order chi connectivity index (χ0) is 19.0. The lowest BCUT2D eigenvalue weighted by Gasteiger charge is -2.26. The van der Waals surface area contributed by atoms with Crippen LogP contribution in [0.2, 0.25) is 0 Å². The summed E-state index contributed by atoms with van der Waals surface area (Å²) in [6.45, 7) is 3.51. The number of nitrogens with zero attached hydrogens (tertiary/aromatic N) is 2. The average Bonchev–Trinajstić information content (AvgIpc) is 2.94. The molecule has 1 aromatic heterocycles. The molecule has 0 radical (unpaired) electrons. The number of benzene rings is 2. The lowest BCUT2D eigenvalue weighted by atomic mass is 10.1. The zero-order valence-corrected chi connectivity index (χ0v) is 15.1. The molecule has 2 aromatic carbocycles. The number of anilines is 2. The smallest absolute Gasteiger partial charge is 0.261 e. The third kappa shape index (κ3) is 3.08. The maximum atomic E-state index is 13.1. The SMILES string of the molecule is CC(=O)c1cccc(NC2c3ccccc3C(=O)N2c2cc(C)ccn2)c1. The summed E-state index contributed by atoms with van der Waals surface area (Å²) in [6, 6.07) is 18.6. The van der Waals surface area contributed by atoms with E-state index >= 15 is 0 Å². The maximum Gasteiger partial charge on any atom is 0.261 e. The Bertz CT molecular complexity index is 1040. The van der Waals surface area contributed by atoms with Gasteiger partial charge in [0.1, 0.15) is 12.0 Å². The van der Waals surface area contributed by atoms with Crippen LogP contribution in [0.4, 0.5) is 11.5 Å². The van der Waals surface area contributed by atoms with Crippen LogP contribution in [0, 0.1) is 6.92 Å². The van der Waals surface area contributed by atoms with Gasteiger partial charge in [-0.2, -0.15) is 0 Å². The van der Waals surface area contributed by atoms with Crippen LogP contribution < -0.4 is 10.2 Å². The van der Waals surface area contributed by atoms with Gasteiger partial charge in [-0.05, 0) is 49.7 Å². The van der Waals surface area contributed by atoms with Crippen molar-refractivity contribution in [3.05, 3.63) is 89.1 Å². The standard InChI is InChI=1S/C22H19N3O2/c1-14-10-11-23-20(12-14)25-21(18-8-3-4-9-19(18)22(25)27)24-17-7-5-6-16(13-17)15(2)26/h3-13,21,24H,1-2H3. The van der Waals surface area contributed by atoms with Gasteiger partial charge in [0.25, 0.3) is 5.91 Å². The Balaban J connectivity index is 1.78. The molecule has 0 saturated heterocycles. The Morgan fingerprint density at radius 3 is 2.67 bits per heavy atom. The van der Waals surface area contributed by atoms with Crippen molar-refractivity contribution in [2.24, 2.45) is 0 Å². The third-order valence-corrected chi connectivity index (χ3v) is 4.68. The summed E-state index contributed by atoms with van der Waals surface area (Å²) in [7, 11) is 0. The first-order valence-corrected chi connectivity index (χ1v) is 8.77. The molecule has 27 heavy (non-hydrogen) atoms. The van der Waals surface area contributed by atoms with Gasteiger partial charge in [0.15, 0.2) is 5.78 Å². The van der Waals surface area contributed by atoms with Gasteiger partial charge in [0.2, 0.25) is 0 Å². The molecule has 0 bridgehead atoms. The minimum Gasteiger partial charge on any atom is -0.361 e. The predicted molar refractivity (Wildman–Crippen MR) is 105 cm³/mol. The lowest BCUT2D eigenvalue weighted by Crippen LogP contribution is -2.33. The summed E-state index contributed by atoms with van der Waals surface area (Å²) in [6.07, 6.45) is 1.30. The molecule has 1 aliphatic rings. The highest BCUT2D eigenvalue weighted by Crippen LogP contribution is 2.37. The molecule has 1 atom stereocenters. The molecule has 1 aliphatic heterocycles. The van der Waals surface area contributed by atoms with E-state index in [1.165, 1.54) is 6.92 Å². The topological polar surface area (TPSA) is 62.3 Å². The van der Waals surface area contributed by atoms with E-state index in [0.29, 0.717) is 16.9 Å². The normalized spacial score (nSPS) is 15.6. The van der Waals surface area contributed by atoms with Crippen molar-refractivity contribution in [3.8, 4) is 0 Å². The number of pyridine rings is 1. The van der Waals surface area contributed by atoms with Gasteiger partial charge >= 0.3 is 0 Å². The fourth-order valence-corrected chi connectivity index (χ4v) is 3.33. The van der Waals surface area contributed by atoms with Crippen LogP contribution in [0.5, 0.6) is 0 Å². The van der Waals surface area contributed by atoms with Crippen molar-refractivity contribution in [1.82, 2.24) is 4.98 Å². The summed E-state index contributed by atoms with van der Waals surface area (Å²) in [5, 5.41) is 3.40. The highest BCUT2D eigenvalue weighted by Gasteiger charge is 2.38. The molecule has 5 heteroatoms. The molecular weight excluding hydrogens is 338 g/mol. The van der Waals surface area contributed by atoms with Crippen molar-refractivity contribution in [1.29, 1.82) is 0 Å². The number of rotatable bonds is 4. The second-order valence-corrected chi connectivity index (χ2v) is 6.64. The van der Waals surface area contributed by atoms with Crippen molar-refractivity contribution in [2.45, 2.75) is 20.0 Å². The van der Waals surface area contributed by atoms with Crippen LogP contribution >= 0.6 is 0 Å². The van der Waals surface area contributed by atoms with E-state index in [4.69, 9.17) is 0 Å². The lowest BCUT2D eigenvalue weighted by molar-refractivity contribution is 0.0989.